The molecule has 0 aliphatic rings. The summed E-state index contributed by atoms with van der Waals surface area (Å²) in [7, 11) is 0. The van der Waals surface area contributed by atoms with Crippen molar-refractivity contribution in [1.82, 2.24) is 10.3 Å². The molecule has 1 unspecified atom stereocenters. The molecule has 0 saturated heterocycles. The minimum atomic E-state index is -0.641. The van der Waals surface area contributed by atoms with Crippen LogP contribution in [-0.4, -0.2) is 17.0 Å². The second-order valence-electron chi connectivity index (χ2n) is 4.96. The van der Waals surface area contributed by atoms with Crippen LogP contribution in [-0.2, 0) is 22.7 Å². The molecular formula is C17H16FN3O2. The molecule has 2 rings (SSSR count). The lowest BCUT2D eigenvalue weighted by atomic mass is 10.2. The Balaban J connectivity index is 1.80. The van der Waals surface area contributed by atoms with Crippen LogP contribution in [0.1, 0.15) is 23.7 Å². The topological polar surface area (TPSA) is 75.0 Å². The number of benzene rings is 1. The third kappa shape index (κ3) is 5.16. The molecule has 1 aromatic heterocycles. The van der Waals surface area contributed by atoms with Gasteiger partial charge in [0.2, 0.25) is 5.91 Å². The Hall–Kier alpha value is -2.78. The highest BCUT2D eigenvalue weighted by Crippen LogP contribution is 2.06. The molecule has 0 aliphatic carbocycles. The first-order chi connectivity index (χ1) is 11.1. The van der Waals surface area contributed by atoms with Crippen LogP contribution in [0.2, 0.25) is 0 Å². The largest absolute Gasteiger partial charge is 0.364 e. The van der Waals surface area contributed by atoms with Crippen molar-refractivity contribution >= 4 is 5.91 Å². The van der Waals surface area contributed by atoms with Gasteiger partial charge in [0.1, 0.15) is 23.7 Å². The standard InChI is InChI=1S/C17H16FN3O2/c1-12(23-11-13-2-4-15(18)5-3-13)17(22)21-10-14-6-7-20-16(8-14)9-19/h2-8,12H,10-11H2,1H3,(H,21,22). The molecule has 0 saturated carbocycles. The van der Waals surface area contributed by atoms with Crippen molar-refractivity contribution in [2.45, 2.75) is 26.2 Å². The fraction of sp³-hybridized carbons (Fsp3) is 0.235. The minimum Gasteiger partial charge on any atom is -0.364 e. The molecule has 118 valence electrons. The Morgan fingerprint density at radius 3 is 2.78 bits per heavy atom. The van der Waals surface area contributed by atoms with Gasteiger partial charge in [-0.15, -0.1) is 0 Å². The Morgan fingerprint density at radius 1 is 1.35 bits per heavy atom. The van der Waals surface area contributed by atoms with Gasteiger partial charge < -0.3 is 10.1 Å². The summed E-state index contributed by atoms with van der Waals surface area (Å²) in [5, 5.41) is 11.5. The van der Waals surface area contributed by atoms with Gasteiger partial charge in [-0.2, -0.15) is 5.26 Å². The van der Waals surface area contributed by atoms with Crippen LogP contribution >= 0.6 is 0 Å². The molecule has 0 fully saturated rings. The van der Waals surface area contributed by atoms with Crippen LogP contribution in [0.3, 0.4) is 0 Å². The first kappa shape index (κ1) is 16.6. The van der Waals surface area contributed by atoms with E-state index in [2.05, 4.69) is 10.3 Å². The quantitative estimate of drug-likeness (QED) is 0.888. The van der Waals surface area contributed by atoms with Crippen LogP contribution in [0.5, 0.6) is 0 Å². The minimum absolute atomic E-state index is 0.225. The molecule has 1 N–H and O–H groups in total. The number of carbonyl (C=O) groups excluding carboxylic acids is 1. The average molecular weight is 313 g/mol. The third-order valence-corrected chi connectivity index (χ3v) is 3.19. The highest BCUT2D eigenvalue weighted by atomic mass is 19.1. The number of nitrogens with one attached hydrogen (secondary N) is 1. The maximum absolute atomic E-state index is 12.8. The van der Waals surface area contributed by atoms with Crippen molar-refractivity contribution in [2.75, 3.05) is 0 Å². The molecule has 1 heterocycles. The molecule has 1 aromatic carbocycles. The number of nitrogens with zero attached hydrogens (tertiary/aromatic N) is 2. The van der Waals surface area contributed by atoms with Crippen molar-refractivity contribution < 1.29 is 13.9 Å². The zero-order valence-electron chi connectivity index (χ0n) is 12.6. The SMILES string of the molecule is CC(OCc1ccc(F)cc1)C(=O)NCc1ccnc(C#N)c1. The summed E-state index contributed by atoms with van der Waals surface area (Å²) in [6.07, 6.45) is 0.881. The fourth-order valence-electron chi connectivity index (χ4n) is 1.86. The number of nitriles is 1. The highest BCUT2D eigenvalue weighted by molar-refractivity contribution is 5.80. The van der Waals surface area contributed by atoms with Gasteiger partial charge in [0.05, 0.1) is 6.61 Å². The molecule has 1 atom stereocenters. The monoisotopic (exact) mass is 313 g/mol. The number of halogens is 1. The Labute approximate surface area is 133 Å². The number of pyridine rings is 1. The van der Waals surface area contributed by atoms with Gasteiger partial charge in [-0.3, -0.25) is 4.79 Å². The van der Waals surface area contributed by atoms with Gasteiger partial charge in [-0.05, 0) is 42.3 Å². The van der Waals surface area contributed by atoms with Crippen LogP contribution in [0.25, 0.3) is 0 Å². The van der Waals surface area contributed by atoms with Crippen molar-refractivity contribution in [3.8, 4) is 6.07 Å². The average Bonchev–Trinajstić information content (AvgIpc) is 2.59. The lowest BCUT2D eigenvalue weighted by Crippen LogP contribution is -2.34. The molecule has 6 heteroatoms. The summed E-state index contributed by atoms with van der Waals surface area (Å²) in [6.45, 7) is 2.16. The van der Waals surface area contributed by atoms with Crippen LogP contribution in [0, 0.1) is 17.1 Å². The molecule has 1 amide bonds. The smallest absolute Gasteiger partial charge is 0.249 e. The van der Waals surface area contributed by atoms with E-state index in [0.29, 0.717) is 12.2 Å². The molecule has 23 heavy (non-hydrogen) atoms. The van der Waals surface area contributed by atoms with Gasteiger partial charge in [-0.25, -0.2) is 9.37 Å². The second-order valence-corrected chi connectivity index (χ2v) is 4.96. The summed E-state index contributed by atoms with van der Waals surface area (Å²) in [6, 6.07) is 11.2. The first-order valence-electron chi connectivity index (χ1n) is 7.07. The number of hydrogen-bond donors (Lipinski definition) is 1. The van der Waals surface area contributed by atoms with E-state index in [-0.39, 0.29) is 18.3 Å². The van der Waals surface area contributed by atoms with E-state index in [0.717, 1.165) is 11.1 Å². The zero-order chi connectivity index (χ0) is 16.7. The van der Waals surface area contributed by atoms with Gasteiger partial charge >= 0.3 is 0 Å². The van der Waals surface area contributed by atoms with Gasteiger partial charge in [0, 0.05) is 12.7 Å². The fourth-order valence-corrected chi connectivity index (χ4v) is 1.86. The maximum atomic E-state index is 12.8. The number of rotatable bonds is 6. The summed E-state index contributed by atoms with van der Waals surface area (Å²) in [5.41, 5.74) is 1.88. The number of hydrogen-bond acceptors (Lipinski definition) is 4. The van der Waals surface area contributed by atoms with Crippen molar-refractivity contribution in [2.24, 2.45) is 0 Å². The Bertz CT molecular complexity index is 711. The molecule has 5 nitrogen and oxygen atoms in total. The van der Waals surface area contributed by atoms with Crippen molar-refractivity contribution in [3.63, 3.8) is 0 Å². The predicted octanol–water partition coefficient (Wildman–Crippen LogP) is 2.31. The van der Waals surface area contributed by atoms with E-state index in [1.165, 1.54) is 18.3 Å². The highest BCUT2D eigenvalue weighted by Gasteiger charge is 2.13. The van der Waals surface area contributed by atoms with Gasteiger partial charge in [-0.1, -0.05) is 12.1 Å². The van der Waals surface area contributed by atoms with Gasteiger partial charge in [0.15, 0.2) is 0 Å². The lowest BCUT2D eigenvalue weighted by Gasteiger charge is -2.13. The van der Waals surface area contributed by atoms with Crippen LogP contribution < -0.4 is 5.32 Å². The Morgan fingerprint density at radius 2 is 2.09 bits per heavy atom. The number of ether oxygens (including phenoxy) is 1. The number of amides is 1. The third-order valence-electron chi connectivity index (χ3n) is 3.19. The van der Waals surface area contributed by atoms with E-state index in [4.69, 9.17) is 10.00 Å². The van der Waals surface area contributed by atoms with Crippen LogP contribution in [0.4, 0.5) is 4.39 Å². The lowest BCUT2D eigenvalue weighted by molar-refractivity contribution is -0.132. The van der Waals surface area contributed by atoms with E-state index < -0.39 is 6.10 Å². The zero-order valence-corrected chi connectivity index (χ0v) is 12.6. The molecular weight excluding hydrogens is 297 g/mol. The van der Waals surface area contributed by atoms with Crippen molar-refractivity contribution in [3.05, 3.63) is 65.2 Å². The number of carbonyl (C=O) groups is 1. The summed E-state index contributed by atoms with van der Waals surface area (Å²) in [4.78, 5) is 15.8. The van der Waals surface area contributed by atoms with E-state index in [1.807, 2.05) is 6.07 Å². The number of aromatic nitrogens is 1. The molecule has 0 radical (unpaired) electrons. The van der Waals surface area contributed by atoms with Crippen LogP contribution in [0.15, 0.2) is 42.6 Å². The summed E-state index contributed by atoms with van der Waals surface area (Å²) in [5.74, 6) is -0.573. The van der Waals surface area contributed by atoms with Crippen molar-refractivity contribution in [1.29, 1.82) is 5.26 Å². The van der Waals surface area contributed by atoms with Gasteiger partial charge in [0.25, 0.3) is 0 Å². The first-order valence-corrected chi connectivity index (χ1v) is 7.07. The maximum Gasteiger partial charge on any atom is 0.249 e. The summed E-state index contributed by atoms with van der Waals surface area (Å²) < 4.78 is 18.3. The predicted molar refractivity (Wildman–Crippen MR) is 81.4 cm³/mol. The van der Waals surface area contributed by atoms with E-state index in [9.17, 15) is 9.18 Å². The summed E-state index contributed by atoms with van der Waals surface area (Å²) >= 11 is 0. The second kappa shape index (κ2) is 8.01. The normalized spacial score (nSPS) is 11.5. The Kier molecular flexibility index (Phi) is 5.78. The van der Waals surface area contributed by atoms with E-state index >= 15 is 0 Å². The molecule has 2 aromatic rings. The van der Waals surface area contributed by atoms with E-state index in [1.54, 1.807) is 31.2 Å². The molecule has 0 aliphatic heterocycles. The molecule has 0 spiro atoms. The molecule has 0 bridgehead atoms.